The highest BCUT2D eigenvalue weighted by molar-refractivity contribution is 5.85. The van der Waals surface area contributed by atoms with Crippen LogP contribution in [0.1, 0.15) is 46.0 Å². The van der Waals surface area contributed by atoms with Crippen LogP contribution >= 0.6 is 12.4 Å². The second-order valence-electron chi connectivity index (χ2n) is 6.30. The van der Waals surface area contributed by atoms with Gasteiger partial charge in [-0.25, -0.2) is 0 Å². The van der Waals surface area contributed by atoms with E-state index in [4.69, 9.17) is 5.73 Å². The molecule has 4 heteroatoms. The monoisotopic (exact) mass is 260 g/mol. The van der Waals surface area contributed by atoms with E-state index in [9.17, 15) is 4.79 Å². The van der Waals surface area contributed by atoms with Gasteiger partial charge in [-0.2, -0.15) is 0 Å². The molecule has 2 unspecified atom stereocenters. The average Bonchev–Trinajstić information content (AvgIpc) is 2.58. The third-order valence-corrected chi connectivity index (χ3v) is 4.05. The lowest BCUT2D eigenvalue weighted by atomic mass is 9.85. The van der Waals surface area contributed by atoms with Gasteiger partial charge in [0.05, 0.1) is 0 Å². The van der Waals surface area contributed by atoms with E-state index in [1.165, 1.54) is 0 Å². The summed E-state index contributed by atoms with van der Waals surface area (Å²) in [6.07, 6.45) is 5.29. The van der Waals surface area contributed by atoms with Gasteiger partial charge in [-0.3, -0.25) is 4.79 Å². The maximum absolute atomic E-state index is 12.3. The number of carbonyl (C=O) groups excluding carboxylic acids is 1. The molecule has 2 fully saturated rings. The molecule has 2 rings (SSSR count). The Bertz CT molecular complexity index is 277. The molecule has 0 aromatic carbocycles. The normalized spacial score (nSPS) is 32.1. The van der Waals surface area contributed by atoms with Crippen molar-refractivity contribution in [1.29, 1.82) is 0 Å². The number of nitrogens with two attached hydrogens (primary N) is 1. The van der Waals surface area contributed by atoms with E-state index in [2.05, 4.69) is 18.7 Å². The summed E-state index contributed by atoms with van der Waals surface area (Å²) in [5, 5.41) is 0. The lowest BCUT2D eigenvalue weighted by Crippen LogP contribution is -2.40. The third kappa shape index (κ3) is 3.59. The lowest BCUT2D eigenvalue weighted by Gasteiger charge is -2.30. The minimum Gasteiger partial charge on any atom is -0.342 e. The summed E-state index contributed by atoms with van der Waals surface area (Å²) in [6.45, 7) is 6.36. The topological polar surface area (TPSA) is 46.3 Å². The smallest absolute Gasteiger partial charge is 0.225 e. The minimum atomic E-state index is 0. The highest BCUT2D eigenvalue weighted by Crippen LogP contribution is 2.32. The number of halogens is 1. The van der Waals surface area contributed by atoms with Crippen molar-refractivity contribution in [2.24, 2.45) is 17.1 Å². The number of hydrogen-bond acceptors (Lipinski definition) is 2. The molecule has 17 heavy (non-hydrogen) atoms. The maximum Gasteiger partial charge on any atom is 0.225 e. The zero-order valence-corrected chi connectivity index (χ0v) is 11.8. The van der Waals surface area contributed by atoms with Crippen molar-refractivity contribution in [3.8, 4) is 0 Å². The van der Waals surface area contributed by atoms with Gasteiger partial charge < -0.3 is 10.6 Å². The molecular formula is C13H25ClN2O. The molecule has 0 spiro atoms. The van der Waals surface area contributed by atoms with Crippen LogP contribution in [0.15, 0.2) is 0 Å². The first-order chi connectivity index (χ1) is 7.48. The maximum atomic E-state index is 12.3. The molecular weight excluding hydrogens is 236 g/mol. The fourth-order valence-electron chi connectivity index (χ4n) is 3.01. The van der Waals surface area contributed by atoms with E-state index in [1.54, 1.807) is 0 Å². The Kier molecular flexibility index (Phi) is 4.85. The van der Waals surface area contributed by atoms with Crippen LogP contribution in [0, 0.1) is 11.3 Å². The van der Waals surface area contributed by atoms with Crippen LogP contribution in [-0.2, 0) is 4.79 Å². The fraction of sp³-hybridized carbons (Fsp3) is 0.923. The molecule has 2 aliphatic rings. The summed E-state index contributed by atoms with van der Waals surface area (Å²) in [4.78, 5) is 14.4. The summed E-state index contributed by atoms with van der Waals surface area (Å²) in [6, 6.07) is 0.248. The third-order valence-electron chi connectivity index (χ3n) is 4.05. The van der Waals surface area contributed by atoms with Gasteiger partial charge in [-0.15, -0.1) is 12.4 Å². The Morgan fingerprint density at radius 2 is 2.06 bits per heavy atom. The van der Waals surface area contributed by atoms with Crippen LogP contribution in [0.2, 0.25) is 0 Å². The number of hydrogen-bond donors (Lipinski definition) is 1. The van der Waals surface area contributed by atoms with Crippen LogP contribution in [0.25, 0.3) is 0 Å². The van der Waals surface area contributed by atoms with Crippen molar-refractivity contribution in [3.63, 3.8) is 0 Å². The first-order valence-electron chi connectivity index (χ1n) is 6.52. The summed E-state index contributed by atoms with van der Waals surface area (Å²) >= 11 is 0. The summed E-state index contributed by atoms with van der Waals surface area (Å²) in [5.41, 5.74) is 6.26. The number of amides is 1. The van der Waals surface area contributed by atoms with Gasteiger partial charge in [0.2, 0.25) is 5.91 Å². The van der Waals surface area contributed by atoms with Crippen molar-refractivity contribution in [3.05, 3.63) is 0 Å². The molecule has 1 heterocycles. The largest absolute Gasteiger partial charge is 0.342 e. The molecule has 0 aromatic heterocycles. The molecule has 1 amide bonds. The first-order valence-corrected chi connectivity index (χ1v) is 6.52. The van der Waals surface area contributed by atoms with Crippen molar-refractivity contribution >= 4 is 18.3 Å². The van der Waals surface area contributed by atoms with Crippen LogP contribution in [0.3, 0.4) is 0 Å². The second-order valence-corrected chi connectivity index (χ2v) is 6.30. The van der Waals surface area contributed by atoms with E-state index in [0.717, 1.165) is 45.2 Å². The number of carbonyl (C=O) groups is 1. The van der Waals surface area contributed by atoms with E-state index in [-0.39, 0.29) is 24.4 Å². The molecule has 1 aliphatic carbocycles. The van der Waals surface area contributed by atoms with Gasteiger partial charge in [0.1, 0.15) is 0 Å². The molecule has 0 bridgehead atoms. The van der Waals surface area contributed by atoms with E-state index >= 15 is 0 Å². The van der Waals surface area contributed by atoms with Crippen molar-refractivity contribution in [2.75, 3.05) is 13.1 Å². The van der Waals surface area contributed by atoms with Gasteiger partial charge >= 0.3 is 0 Å². The molecule has 1 aliphatic heterocycles. The summed E-state index contributed by atoms with van der Waals surface area (Å²) in [7, 11) is 0. The van der Waals surface area contributed by atoms with Crippen molar-refractivity contribution < 1.29 is 4.79 Å². The lowest BCUT2D eigenvalue weighted by molar-refractivity contribution is -0.136. The zero-order valence-electron chi connectivity index (χ0n) is 10.9. The average molecular weight is 261 g/mol. The molecule has 2 atom stereocenters. The Hall–Kier alpha value is -0.280. The first kappa shape index (κ1) is 14.8. The summed E-state index contributed by atoms with van der Waals surface area (Å²) < 4.78 is 0. The van der Waals surface area contributed by atoms with Crippen LogP contribution < -0.4 is 5.73 Å². The Morgan fingerprint density at radius 3 is 2.59 bits per heavy atom. The van der Waals surface area contributed by atoms with Gasteiger partial charge in [0, 0.05) is 25.0 Å². The predicted molar refractivity (Wildman–Crippen MR) is 72.2 cm³/mol. The molecule has 0 aromatic rings. The van der Waals surface area contributed by atoms with Gasteiger partial charge in [0.15, 0.2) is 0 Å². The van der Waals surface area contributed by atoms with Gasteiger partial charge in [0.25, 0.3) is 0 Å². The molecule has 3 nitrogen and oxygen atoms in total. The van der Waals surface area contributed by atoms with Crippen LogP contribution in [0.5, 0.6) is 0 Å². The molecule has 0 radical (unpaired) electrons. The zero-order chi connectivity index (χ0) is 11.8. The summed E-state index contributed by atoms with van der Waals surface area (Å²) in [5.74, 6) is 0.568. The van der Waals surface area contributed by atoms with Crippen molar-refractivity contribution in [2.45, 2.75) is 52.0 Å². The fourth-order valence-corrected chi connectivity index (χ4v) is 3.01. The molecule has 1 saturated heterocycles. The Morgan fingerprint density at radius 1 is 1.35 bits per heavy atom. The van der Waals surface area contributed by atoms with E-state index in [1.807, 2.05) is 0 Å². The number of likely N-dealkylation sites (tertiary alicyclic amines) is 1. The highest BCUT2D eigenvalue weighted by Gasteiger charge is 2.36. The van der Waals surface area contributed by atoms with Gasteiger partial charge in [-0.1, -0.05) is 20.3 Å². The predicted octanol–water partition coefficient (Wildman–Crippen LogP) is 2.18. The van der Waals surface area contributed by atoms with Gasteiger partial charge in [-0.05, 0) is 31.1 Å². The standard InChI is InChI=1S/C13H24N2O.ClH/c1-13(2)6-7-15(9-13)12(16)10-4-3-5-11(14)8-10;/h10-11H,3-9,14H2,1-2H3;1H. The molecule has 100 valence electrons. The number of rotatable bonds is 1. The van der Waals surface area contributed by atoms with E-state index in [0.29, 0.717) is 11.3 Å². The number of nitrogens with zero attached hydrogens (tertiary/aromatic N) is 1. The Balaban J connectivity index is 0.00000144. The second kappa shape index (κ2) is 5.57. The molecule has 2 N–H and O–H groups in total. The molecule has 1 saturated carbocycles. The highest BCUT2D eigenvalue weighted by atomic mass is 35.5. The van der Waals surface area contributed by atoms with Crippen LogP contribution in [-0.4, -0.2) is 29.9 Å². The van der Waals surface area contributed by atoms with Crippen LogP contribution in [0.4, 0.5) is 0 Å². The quantitative estimate of drug-likeness (QED) is 0.786. The van der Waals surface area contributed by atoms with Crippen molar-refractivity contribution in [1.82, 2.24) is 4.90 Å². The SMILES string of the molecule is CC1(C)CCN(C(=O)C2CCCC(N)C2)C1.Cl. The Labute approximate surface area is 111 Å². The minimum absolute atomic E-state index is 0. The van der Waals surface area contributed by atoms with E-state index < -0.39 is 0 Å².